The van der Waals surface area contributed by atoms with Gasteiger partial charge in [0, 0.05) is 5.69 Å². The molecular weight excluding hydrogens is 260 g/mol. The number of hydrogen-bond donors (Lipinski definition) is 3. The fourth-order valence-corrected chi connectivity index (χ4v) is 2.00. The van der Waals surface area contributed by atoms with E-state index in [1.165, 1.54) is 10.9 Å². The van der Waals surface area contributed by atoms with Crippen LogP contribution in [0.4, 0.5) is 5.69 Å². The van der Waals surface area contributed by atoms with Gasteiger partial charge in [-0.05, 0) is 19.9 Å². The van der Waals surface area contributed by atoms with Crippen molar-refractivity contribution in [1.29, 1.82) is 0 Å². The van der Waals surface area contributed by atoms with E-state index >= 15 is 0 Å². The summed E-state index contributed by atoms with van der Waals surface area (Å²) in [7, 11) is 0. The second kappa shape index (κ2) is 4.65. The van der Waals surface area contributed by atoms with Gasteiger partial charge in [-0.2, -0.15) is 5.10 Å². The number of rotatable bonds is 3. The van der Waals surface area contributed by atoms with Crippen molar-refractivity contribution >= 4 is 17.5 Å². The fourth-order valence-electron chi connectivity index (χ4n) is 2.00. The standard InChI is InChI=1S/C12H14N6O2/c1-5-3-8(9(11(14)19)6(2)16-5)18-4-7(13)10(17-18)12(15)20/h3-4H,13H2,1-2H3,(H2,14,19)(H2,15,20). The second-order valence-corrected chi connectivity index (χ2v) is 4.35. The maximum atomic E-state index is 11.6. The Balaban J connectivity index is 2.72. The van der Waals surface area contributed by atoms with Crippen molar-refractivity contribution in [3.63, 3.8) is 0 Å². The molecule has 0 aliphatic carbocycles. The molecule has 8 heteroatoms. The van der Waals surface area contributed by atoms with Gasteiger partial charge in [0.2, 0.25) is 0 Å². The van der Waals surface area contributed by atoms with Crippen molar-refractivity contribution in [2.24, 2.45) is 11.5 Å². The number of pyridine rings is 1. The van der Waals surface area contributed by atoms with Gasteiger partial charge in [-0.15, -0.1) is 0 Å². The summed E-state index contributed by atoms with van der Waals surface area (Å²) in [5.41, 5.74) is 18.0. The van der Waals surface area contributed by atoms with Gasteiger partial charge >= 0.3 is 0 Å². The molecule has 0 bridgehead atoms. The number of carbonyl (C=O) groups excluding carboxylic acids is 2. The first-order valence-electron chi connectivity index (χ1n) is 5.74. The van der Waals surface area contributed by atoms with Crippen molar-refractivity contribution in [2.75, 3.05) is 5.73 Å². The quantitative estimate of drug-likeness (QED) is 0.701. The SMILES string of the molecule is Cc1cc(-n2cc(N)c(C(N)=O)n2)c(C(N)=O)c(C)n1. The molecule has 2 heterocycles. The first-order valence-corrected chi connectivity index (χ1v) is 5.74. The predicted molar refractivity (Wildman–Crippen MR) is 72.3 cm³/mol. The number of aromatic nitrogens is 3. The summed E-state index contributed by atoms with van der Waals surface area (Å²) in [6.07, 6.45) is 1.40. The molecule has 0 aliphatic heterocycles. The first kappa shape index (κ1) is 13.5. The second-order valence-electron chi connectivity index (χ2n) is 4.35. The van der Waals surface area contributed by atoms with Gasteiger partial charge in [0.15, 0.2) is 5.69 Å². The molecule has 0 saturated carbocycles. The summed E-state index contributed by atoms with van der Waals surface area (Å²) >= 11 is 0. The minimum Gasteiger partial charge on any atom is -0.396 e. The zero-order valence-corrected chi connectivity index (χ0v) is 11.0. The van der Waals surface area contributed by atoms with E-state index in [1.807, 2.05) is 0 Å². The largest absolute Gasteiger partial charge is 0.396 e. The maximum Gasteiger partial charge on any atom is 0.271 e. The number of nitrogen functional groups attached to an aromatic ring is 1. The van der Waals surface area contributed by atoms with Gasteiger partial charge in [-0.25, -0.2) is 4.68 Å². The molecule has 6 N–H and O–H groups in total. The van der Waals surface area contributed by atoms with Crippen LogP contribution < -0.4 is 17.2 Å². The van der Waals surface area contributed by atoms with Gasteiger partial charge in [0.1, 0.15) is 0 Å². The van der Waals surface area contributed by atoms with E-state index in [-0.39, 0.29) is 16.9 Å². The number of carbonyl (C=O) groups is 2. The van der Waals surface area contributed by atoms with Crippen LogP contribution in [0.5, 0.6) is 0 Å². The molecule has 2 aromatic heterocycles. The van der Waals surface area contributed by atoms with Gasteiger partial charge < -0.3 is 17.2 Å². The fraction of sp³-hybridized carbons (Fsp3) is 0.167. The topological polar surface area (TPSA) is 143 Å². The Bertz CT molecular complexity index is 719. The van der Waals surface area contributed by atoms with Gasteiger partial charge in [-0.1, -0.05) is 0 Å². The van der Waals surface area contributed by atoms with Crippen LogP contribution in [0, 0.1) is 13.8 Å². The summed E-state index contributed by atoms with van der Waals surface area (Å²) < 4.78 is 1.30. The molecule has 8 nitrogen and oxygen atoms in total. The number of nitrogens with zero attached hydrogens (tertiary/aromatic N) is 3. The number of amides is 2. The number of nitrogens with two attached hydrogens (primary N) is 3. The monoisotopic (exact) mass is 274 g/mol. The number of primary amides is 2. The lowest BCUT2D eigenvalue weighted by atomic mass is 10.1. The molecule has 2 amide bonds. The average molecular weight is 274 g/mol. The summed E-state index contributed by atoms with van der Waals surface area (Å²) in [5, 5.41) is 3.99. The van der Waals surface area contributed by atoms with E-state index in [0.717, 1.165) is 0 Å². The molecule has 0 unspecified atom stereocenters. The van der Waals surface area contributed by atoms with Crippen LogP contribution in [0.3, 0.4) is 0 Å². The highest BCUT2D eigenvalue weighted by Crippen LogP contribution is 2.20. The number of anilines is 1. The van der Waals surface area contributed by atoms with E-state index in [9.17, 15) is 9.59 Å². The third-order valence-corrected chi connectivity index (χ3v) is 2.78. The number of aryl methyl sites for hydroxylation is 2. The highest BCUT2D eigenvalue weighted by Gasteiger charge is 2.19. The lowest BCUT2D eigenvalue weighted by Gasteiger charge is -2.10. The van der Waals surface area contributed by atoms with Gasteiger partial charge in [-0.3, -0.25) is 14.6 Å². The van der Waals surface area contributed by atoms with Crippen LogP contribution in [-0.4, -0.2) is 26.6 Å². The van der Waals surface area contributed by atoms with Crippen LogP contribution >= 0.6 is 0 Å². The average Bonchev–Trinajstić information content (AvgIpc) is 2.69. The van der Waals surface area contributed by atoms with E-state index in [1.54, 1.807) is 19.9 Å². The first-order chi connectivity index (χ1) is 9.31. The summed E-state index contributed by atoms with van der Waals surface area (Å²) in [4.78, 5) is 26.9. The van der Waals surface area contributed by atoms with E-state index in [4.69, 9.17) is 17.2 Å². The highest BCUT2D eigenvalue weighted by molar-refractivity contribution is 5.98. The number of hydrogen-bond acceptors (Lipinski definition) is 5. The predicted octanol–water partition coefficient (Wildman–Crippen LogP) is -0.336. The minimum atomic E-state index is -0.746. The Morgan fingerprint density at radius 1 is 1.20 bits per heavy atom. The molecule has 0 fully saturated rings. The Hall–Kier alpha value is -2.90. The lowest BCUT2D eigenvalue weighted by Crippen LogP contribution is -2.19. The molecule has 0 aromatic carbocycles. The molecule has 104 valence electrons. The molecule has 0 atom stereocenters. The third-order valence-electron chi connectivity index (χ3n) is 2.78. The van der Waals surface area contributed by atoms with Gasteiger partial charge in [0.25, 0.3) is 11.8 Å². The zero-order chi connectivity index (χ0) is 15.0. The summed E-state index contributed by atoms with van der Waals surface area (Å²) in [5.74, 6) is -1.39. The maximum absolute atomic E-state index is 11.6. The Morgan fingerprint density at radius 3 is 2.35 bits per heavy atom. The van der Waals surface area contributed by atoms with Crippen LogP contribution in [0.1, 0.15) is 32.2 Å². The molecule has 2 rings (SSSR count). The molecule has 0 radical (unpaired) electrons. The van der Waals surface area contributed by atoms with Crippen molar-refractivity contribution in [3.8, 4) is 5.69 Å². The summed E-state index contributed by atoms with van der Waals surface area (Å²) in [6.45, 7) is 3.43. The van der Waals surface area contributed by atoms with Crippen molar-refractivity contribution in [2.45, 2.75) is 13.8 Å². The Morgan fingerprint density at radius 2 is 1.85 bits per heavy atom. The smallest absolute Gasteiger partial charge is 0.271 e. The van der Waals surface area contributed by atoms with E-state index < -0.39 is 11.8 Å². The normalized spacial score (nSPS) is 10.5. The van der Waals surface area contributed by atoms with Crippen molar-refractivity contribution < 1.29 is 9.59 Å². The highest BCUT2D eigenvalue weighted by atomic mass is 16.1. The Kier molecular flexibility index (Phi) is 3.15. The summed E-state index contributed by atoms with van der Waals surface area (Å²) in [6, 6.07) is 1.63. The molecular formula is C12H14N6O2. The molecule has 2 aromatic rings. The van der Waals surface area contributed by atoms with Crippen molar-refractivity contribution in [3.05, 3.63) is 34.9 Å². The van der Waals surface area contributed by atoms with Crippen LogP contribution in [0.15, 0.2) is 12.3 Å². The lowest BCUT2D eigenvalue weighted by molar-refractivity contribution is 0.0990. The van der Waals surface area contributed by atoms with Gasteiger partial charge in [0.05, 0.1) is 28.8 Å². The van der Waals surface area contributed by atoms with Crippen LogP contribution in [-0.2, 0) is 0 Å². The molecule has 0 saturated heterocycles. The van der Waals surface area contributed by atoms with E-state index in [2.05, 4.69) is 10.1 Å². The molecule has 0 aliphatic rings. The minimum absolute atomic E-state index is 0.0625. The van der Waals surface area contributed by atoms with Crippen molar-refractivity contribution in [1.82, 2.24) is 14.8 Å². The zero-order valence-electron chi connectivity index (χ0n) is 11.0. The Labute approximate surface area is 114 Å². The molecule has 20 heavy (non-hydrogen) atoms. The van der Waals surface area contributed by atoms with E-state index in [0.29, 0.717) is 17.1 Å². The third kappa shape index (κ3) is 2.18. The van der Waals surface area contributed by atoms with Crippen LogP contribution in [0.25, 0.3) is 5.69 Å². The molecule has 0 spiro atoms. The van der Waals surface area contributed by atoms with Crippen LogP contribution in [0.2, 0.25) is 0 Å².